The van der Waals surface area contributed by atoms with Gasteiger partial charge in [0.15, 0.2) is 0 Å². The van der Waals surface area contributed by atoms with Gasteiger partial charge in [-0.2, -0.15) is 0 Å². The molecular weight excluding hydrogens is 268 g/mol. The van der Waals surface area contributed by atoms with Crippen molar-refractivity contribution in [1.82, 2.24) is 0 Å². The van der Waals surface area contributed by atoms with E-state index >= 15 is 0 Å². The lowest BCUT2D eigenvalue weighted by Gasteiger charge is -2.23. The molecule has 114 valence electrons. The van der Waals surface area contributed by atoms with Gasteiger partial charge in [-0.05, 0) is 17.7 Å². The Hall–Kier alpha value is -1.97. The van der Waals surface area contributed by atoms with E-state index in [4.69, 9.17) is 14.2 Å². The smallest absolute Gasteiger partial charge is 0.337 e. The number of carbonyl (C=O) groups excluding carboxylic acids is 1. The largest absolute Gasteiger partial charge is 0.497 e. The Morgan fingerprint density at radius 3 is 2.29 bits per heavy atom. The number of carbonyl (C=O) groups is 1. The maximum absolute atomic E-state index is 12.0. The van der Waals surface area contributed by atoms with Crippen molar-refractivity contribution in [2.24, 2.45) is 5.41 Å². The van der Waals surface area contributed by atoms with Gasteiger partial charge in [0.25, 0.3) is 0 Å². The molecule has 1 aromatic carbocycles. The van der Waals surface area contributed by atoms with Crippen molar-refractivity contribution >= 4 is 5.97 Å². The summed E-state index contributed by atoms with van der Waals surface area (Å²) in [6.07, 6.45) is 0.380. The van der Waals surface area contributed by atoms with Crippen LogP contribution in [-0.2, 0) is 14.3 Å². The van der Waals surface area contributed by atoms with Gasteiger partial charge in [0.2, 0.25) is 0 Å². The molecule has 2 rings (SSSR count). The molecule has 1 aliphatic heterocycles. The standard InChI is InChI=1S/C17H22O4/c1-17(2,3)15-13(16(18)20-5)10-14(21-15)11-6-8-12(19-4)9-7-11/h6-9,14H,10H2,1-5H3. The Labute approximate surface area is 125 Å². The summed E-state index contributed by atoms with van der Waals surface area (Å²) in [5, 5.41) is 0. The van der Waals surface area contributed by atoms with Gasteiger partial charge < -0.3 is 14.2 Å². The minimum absolute atomic E-state index is 0.153. The van der Waals surface area contributed by atoms with Gasteiger partial charge in [0.05, 0.1) is 19.8 Å². The molecule has 1 atom stereocenters. The van der Waals surface area contributed by atoms with Crippen LogP contribution in [0, 0.1) is 5.41 Å². The Kier molecular flexibility index (Phi) is 4.26. The maximum Gasteiger partial charge on any atom is 0.337 e. The quantitative estimate of drug-likeness (QED) is 0.797. The van der Waals surface area contributed by atoms with Crippen LogP contribution in [-0.4, -0.2) is 20.2 Å². The van der Waals surface area contributed by atoms with Crippen LogP contribution in [0.3, 0.4) is 0 Å². The summed E-state index contributed by atoms with van der Waals surface area (Å²) in [7, 11) is 3.03. The lowest BCUT2D eigenvalue weighted by atomic mass is 9.90. The van der Waals surface area contributed by atoms with Crippen LogP contribution in [0.5, 0.6) is 5.75 Å². The minimum Gasteiger partial charge on any atom is -0.497 e. The van der Waals surface area contributed by atoms with Gasteiger partial charge >= 0.3 is 5.97 Å². The molecular formula is C17H22O4. The minimum atomic E-state index is -0.309. The Bertz CT molecular complexity index is 549. The average Bonchev–Trinajstić information content (AvgIpc) is 2.92. The maximum atomic E-state index is 12.0. The molecule has 21 heavy (non-hydrogen) atoms. The van der Waals surface area contributed by atoms with E-state index in [1.54, 1.807) is 7.11 Å². The first-order valence-electron chi connectivity index (χ1n) is 6.99. The van der Waals surface area contributed by atoms with E-state index in [1.807, 2.05) is 45.0 Å². The molecule has 0 amide bonds. The summed E-state index contributed by atoms with van der Waals surface area (Å²) in [4.78, 5) is 12.0. The molecule has 0 radical (unpaired) electrons. The number of hydrogen-bond acceptors (Lipinski definition) is 4. The lowest BCUT2D eigenvalue weighted by Crippen LogP contribution is -2.14. The number of methoxy groups -OCH3 is 2. The summed E-state index contributed by atoms with van der Waals surface area (Å²) in [6.45, 7) is 6.09. The fourth-order valence-corrected chi connectivity index (χ4v) is 2.47. The zero-order valence-electron chi connectivity index (χ0n) is 13.2. The topological polar surface area (TPSA) is 44.8 Å². The zero-order chi connectivity index (χ0) is 15.6. The SMILES string of the molecule is COC(=O)C1=C(C(C)(C)C)OC(c2ccc(OC)cc2)C1. The summed E-state index contributed by atoms with van der Waals surface area (Å²) in [6, 6.07) is 7.71. The fourth-order valence-electron chi connectivity index (χ4n) is 2.47. The van der Waals surface area contributed by atoms with Crippen LogP contribution >= 0.6 is 0 Å². The number of hydrogen-bond donors (Lipinski definition) is 0. The first kappa shape index (κ1) is 15.4. The average molecular weight is 290 g/mol. The van der Waals surface area contributed by atoms with Crippen molar-refractivity contribution in [3.63, 3.8) is 0 Å². The molecule has 4 heteroatoms. The molecule has 0 aliphatic carbocycles. The third-order valence-corrected chi connectivity index (χ3v) is 3.52. The molecule has 0 fully saturated rings. The van der Waals surface area contributed by atoms with E-state index in [-0.39, 0.29) is 17.5 Å². The van der Waals surface area contributed by atoms with E-state index in [1.165, 1.54) is 7.11 Å². The highest BCUT2D eigenvalue weighted by Gasteiger charge is 2.37. The van der Waals surface area contributed by atoms with E-state index in [9.17, 15) is 4.79 Å². The Morgan fingerprint density at radius 2 is 1.81 bits per heavy atom. The summed E-state index contributed by atoms with van der Waals surface area (Å²) in [5.74, 6) is 1.21. The number of ether oxygens (including phenoxy) is 3. The Morgan fingerprint density at radius 1 is 1.19 bits per heavy atom. The van der Waals surface area contributed by atoms with E-state index in [2.05, 4.69) is 0 Å². The highest BCUT2D eigenvalue weighted by Crippen LogP contribution is 2.44. The summed E-state index contributed by atoms with van der Waals surface area (Å²) < 4.78 is 16.1. The van der Waals surface area contributed by atoms with Crippen LogP contribution in [0.15, 0.2) is 35.6 Å². The van der Waals surface area contributed by atoms with Crippen molar-refractivity contribution in [3.05, 3.63) is 41.2 Å². The summed E-state index contributed by atoms with van der Waals surface area (Å²) in [5.41, 5.74) is 1.42. The second-order valence-corrected chi connectivity index (χ2v) is 6.13. The number of rotatable bonds is 3. The predicted octanol–water partition coefficient (Wildman–Crippen LogP) is 3.63. The van der Waals surface area contributed by atoms with Gasteiger partial charge in [0.1, 0.15) is 17.6 Å². The van der Waals surface area contributed by atoms with Crippen molar-refractivity contribution in [2.75, 3.05) is 14.2 Å². The third kappa shape index (κ3) is 3.20. The van der Waals surface area contributed by atoms with Crippen molar-refractivity contribution in [2.45, 2.75) is 33.3 Å². The molecule has 1 aliphatic rings. The molecule has 0 spiro atoms. The highest BCUT2D eigenvalue weighted by molar-refractivity contribution is 5.89. The van der Waals surface area contributed by atoms with Gasteiger partial charge in [-0.25, -0.2) is 4.79 Å². The first-order chi connectivity index (χ1) is 9.86. The predicted molar refractivity (Wildman–Crippen MR) is 79.9 cm³/mol. The molecule has 4 nitrogen and oxygen atoms in total. The second kappa shape index (κ2) is 5.80. The molecule has 0 aromatic heterocycles. The highest BCUT2D eigenvalue weighted by atomic mass is 16.5. The molecule has 1 aromatic rings. The van der Waals surface area contributed by atoms with Crippen LogP contribution in [0.1, 0.15) is 38.9 Å². The van der Waals surface area contributed by atoms with E-state index < -0.39 is 0 Å². The molecule has 0 bridgehead atoms. The summed E-state index contributed by atoms with van der Waals surface area (Å²) >= 11 is 0. The van der Waals surface area contributed by atoms with Crippen molar-refractivity contribution in [1.29, 1.82) is 0 Å². The molecule has 0 N–H and O–H groups in total. The Balaban J connectivity index is 2.26. The number of benzene rings is 1. The van der Waals surface area contributed by atoms with Crippen molar-refractivity contribution < 1.29 is 19.0 Å². The van der Waals surface area contributed by atoms with E-state index in [0.29, 0.717) is 12.0 Å². The van der Waals surface area contributed by atoms with Crippen LogP contribution in [0.25, 0.3) is 0 Å². The first-order valence-corrected chi connectivity index (χ1v) is 6.99. The second-order valence-electron chi connectivity index (χ2n) is 6.13. The van der Waals surface area contributed by atoms with Crippen LogP contribution in [0.4, 0.5) is 0 Å². The molecule has 1 heterocycles. The van der Waals surface area contributed by atoms with Gasteiger partial charge in [-0.15, -0.1) is 0 Å². The molecule has 1 unspecified atom stereocenters. The monoisotopic (exact) mass is 290 g/mol. The van der Waals surface area contributed by atoms with Crippen LogP contribution in [0.2, 0.25) is 0 Å². The van der Waals surface area contributed by atoms with Gasteiger partial charge in [-0.1, -0.05) is 32.9 Å². The number of esters is 1. The normalized spacial score (nSPS) is 18.4. The third-order valence-electron chi connectivity index (χ3n) is 3.52. The van der Waals surface area contributed by atoms with Crippen LogP contribution < -0.4 is 4.74 Å². The molecule has 0 saturated heterocycles. The lowest BCUT2D eigenvalue weighted by molar-refractivity contribution is -0.136. The number of allylic oxidation sites excluding steroid dienone is 1. The fraction of sp³-hybridized carbons (Fsp3) is 0.471. The van der Waals surface area contributed by atoms with Gasteiger partial charge in [0, 0.05) is 11.8 Å². The van der Waals surface area contributed by atoms with Crippen molar-refractivity contribution in [3.8, 4) is 5.75 Å². The van der Waals surface area contributed by atoms with E-state index in [0.717, 1.165) is 17.1 Å². The zero-order valence-corrected chi connectivity index (χ0v) is 13.2. The van der Waals surface area contributed by atoms with Gasteiger partial charge in [-0.3, -0.25) is 0 Å². The molecule has 0 saturated carbocycles.